The van der Waals surface area contributed by atoms with E-state index in [9.17, 15) is 15.3 Å². The lowest BCUT2D eigenvalue weighted by Gasteiger charge is -2.38. The van der Waals surface area contributed by atoms with Crippen LogP contribution in [0.15, 0.2) is 0 Å². The van der Waals surface area contributed by atoms with Gasteiger partial charge in [0.2, 0.25) is 0 Å². The van der Waals surface area contributed by atoms with Crippen molar-refractivity contribution in [2.24, 2.45) is 0 Å². The van der Waals surface area contributed by atoms with Gasteiger partial charge in [-0.3, -0.25) is 0 Å². The third-order valence-electron chi connectivity index (χ3n) is 2.44. The molecular formula is C7H16NO4+. The van der Waals surface area contributed by atoms with Crippen LogP contribution in [0.3, 0.4) is 0 Å². The van der Waals surface area contributed by atoms with E-state index in [-0.39, 0.29) is 13.2 Å². The first kappa shape index (κ1) is 9.88. The van der Waals surface area contributed by atoms with Crippen LogP contribution in [-0.2, 0) is 0 Å². The number of rotatable bonds is 1. The second-order valence-electron chi connectivity index (χ2n) is 3.58. The van der Waals surface area contributed by atoms with Crippen molar-refractivity contribution in [2.45, 2.75) is 30.8 Å². The van der Waals surface area contributed by atoms with Gasteiger partial charge in [-0.25, -0.2) is 0 Å². The third kappa shape index (κ3) is 1.60. The maximum atomic E-state index is 9.50. The first-order valence-electron chi connectivity index (χ1n) is 4.01. The molecule has 0 amide bonds. The molecule has 0 spiro atoms. The van der Waals surface area contributed by atoms with Crippen LogP contribution in [0.4, 0.5) is 0 Å². The van der Waals surface area contributed by atoms with E-state index in [1.165, 1.54) is 6.92 Å². The Morgan fingerprint density at radius 1 is 1.50 bits per heavy atom. The minimum atomic E-state index is -1.27. The van der Waals surface area contributed by atoms with E-state index < -0.39 is 23.9 Å². The predicted molar refractivity (Wildman–Crippen MR) is 40.3 cm³/mol. The van der Waals surface area contributed by atoms with Crippen molar-refractivity contribution in [3.05, 3.63) is 0 Å². The van der Waals surface area contributed by atoms with E-state index in [1.807, 2.05) is 0 Å². The lowest BCUT2D eigenvalue weighted by atomic mass is 9.87. The smallest absolute Gasteiger partial charge is 0.139 e. The van der Waals surface area contributed by atoms with Crippen LogP contribution in [0.1, 0.15) is 6.92 Å². The molecule has 72 valence electrons. The molecule has 0 aromatic heterocycles. The molecule has 6 N–H and O–H groups in total. The second kappa shape index (κ2) is 3.27. The van der Waals surface area contributed by atoms with Gasteiger partial charge >= 0.3 is 0 Å². The molecule has 0 radical (unpaired) electrons. The Labute approximate surface area is 70.6 Å². The minimum absolute atomic E-state index is 0.200. The Hall–Kier alpha value is -0.200. The van der Waals surface area contributed by atoms with Crippen molar-refractivity contribution in [3.63, 3.8) is 0 Å². The minimum Gasteiger partial charge on any atom is -0.390 e. The van der Waals surface area contributed by atoms with E-state index >= 15 is 0 Å². The van der Waals surface area contributed by atoms with Gasteiger partial charge in [0.25, 0.3) is 0 Å². The molecule has 12 heavy (non-hydrogen) atoms. The highest BCUT2D eigenvalue weighted by Gasteiger charge is 2.46. The quantitative estimate of drug-likeness (QED) is 0.286. The Balaban J connectivity index is 2.65. The highest BCUT2D eigenvalue weighted by Crippen LogP contribution is 2.15. The molecule has 0 aromatic carbocycles. The Morgan fingerprint density at radius 2 is 2.08 bits per heavy atom. The number of aliphatic hydroxyl groups is 4. The molecule has 1 saturated heterocycles. The van der Waals surface area contributed by atoms with E-state index in [2.05, 4.69) is 0 Å². The van der Waals surface area contributed by atoms with Gasteiger partial charge in [0, 0.05) is 0 Å². The number of hydrogen-bond acceptors (Lipinski definition) is 4. The molecule has 0 unspecified atom stereocenters. The maximum absolute atomic E-state index is 9.50. The average molecular weight is 178 g/mol. The summed E-state index contributed by atoms with van der Waals surface area (Å²) in [5, 5.41) is 38.7. The summed E-state index contributed by atoms with van der Waals surface area (Å²) in [6, 6.07) is -0.430. The zero-order valence-corrected chi connectivity index (χ0v) is 7.01. The first-order valence-corrected chi connectivity index (χ1v) is 4.01. The molecule has 4 atom stereocenters. The summed E-state index contributed by atoms with van der Waals surface area (Å²) < 4.78 is 0. The van der Waals surface area contributed by atoms with Crippen molar-refractivity contribution < 1.29 is 25.7 Å². The van der Waals surface area contributed by atoms with Crippen LogP contribution < -0.4 is 5.32 Å². The molecule has 1 fully saturated rings. The molecule has 0 bridgehead atoms. The summed E-state index contributed by atoms with van der Waals surface area (Å²) in [5.41, 5.74) is -1.27. The van der Waals surface area contributed by atoms with Crippen LogP contribution in [0.25, 0.3) is 0 Å². The van der Waals surface area contributed by atoms with E-state index in [0.717, 1.165) is 0 Å². The molecule has 0 aliphatic carbocycles. The summed E-state index contributed by atoms with van der Waals surface area (Å²) in [6.45, 7) is 1.55. The summed E-state index contributed by atoms with van der Waals surface area (Å²) in [5.74, 6) is 0. The van der Waals surface area contributed by atoms with Gasteiger partial charge in [-0.15, -0.1) is 0 Å². The zero-order valence-electron chi connectivity index (χ0n) is 7.01. The number of hydrogen-bond donors (Lipinski definition) is 5. The summed E-state index contributed by atoms with van der Waals surface area (Å²) >= 11 is 0. The van der Waals surface area contributed by atoms with Crippen LogP contribution in [0.5, 0.6) is 0 Å². The average Bonchev–Trinajstić information content (AvgIpc) is 2.01. The van der Waals surface area contributed by atoms with Gasteiger partial charge < -0.3 is 25.7 Å². The Kier molecular flexibility index (Phi) is 2.70. The van der Waals surface area contributed by atoms with E-state index in [0.29, 0.717) is 0 Å². The van der Waals surface area contributed by atoms with Crippen molar-refractivity contribution in [3.8, 4) is 0 Å². The highest BCUT2D eigenvalue weighted by molar-refractivity contribution is 4.92. The molecule has 0 saturated carbocycles. The lowest BCUT2D eigenvalue weighted by Crippen LogP contribution is -3.01. The summed E-state index contributed by atoms with van der Waals surface area (Å²) in [4.78, 5) is 0. The van der Waals surface area contributed by atoms with Crippen molar-refractivity contribution in [1.82, 2.24) is 0 Å². The fraction of sp³-hybridized carbons (Fsp3) is 1.00. The van der Waals surface area contributed by atoms with Crippen LogP contribution >= 0.6 is 0 Å². The Bertz CT molecular complexity index is 161. The van der Waals surface area contributed by atoms with E-state index in [1.54, 1.807) is 5.32 Å². The number of aliphatic hydroxyl groups excluding tert-OH is 3. The predicted octanol–water partition coefficient (Wildman–Crippen LogP) is -3.60. The molecular weight excluding hydrogens is 162 g/mol. The van der Waals surface area contributed by atoms with Crippen LogP contribution in [0, 0.1) is 0 Å². The summed E-state index contributed by atoms with van der Waals surface area (Å²) in [7, 11) is 0. The fourth-order valence-electron chi connectivity index (χ4n) is 1.43. The molecule has 1 aliphatic rings. The lowest BCUT2D eigenvalue weighted by molar-refractivity contribution is -0.723. The fourth-order valence-corrected chi connectivity index (χ4v) is 1.43. The van der Waals surface area contributed by atoms with Gasteiger partial charge in [0.05, 0.1) is 6.61 Å². The maximum Gasteiger partial charge on any atom is 0.139 e. The largest absolute Gasteiger partial charge is 0.390 e. The van der Waals surface area contributed by atoms with Gasteiger partial charge in [-0.05, 0) is 6.92 Å². The molecule has 1 rings (SSSR count). The number of nitrogens with two attached hydrogens (primary N) is 1. The SMILES string of the molecule is C[C@@]1(O)C[NH2+][C@H](CO)[C@@H](O)[C@@H]1O. The van der Waals surface area contributed by atoms with E-state index in [4.69, 9.17) is 5.11 Å². The number of quaternary nitrogens is 1. The molecule has 0 aromatic rings. The van der Waals surface area contributed by atoms with Gasteiger partial charge in [0.15, 0.2) is 0 Å². The highest BCUT2D eigenvalue weighted by atomic mass is 16.4. The van der Waals surface area contributed by atoms with Gasteiger partial charge in [0.1, 0.15) is 30.4 Å². The Morgan fingerprint density at radius 3 is 2.58 bits per heavy atom. The molecule has 1 aliphatic heterocycles. The summed E-state index contributed by atoms with van der Waals surface area (Å²) in [6.07, 6.45) is -2.25. The van der Waals surface area contributed by atoms with Gasteiger partial charge in [-0.2, -0.15) is 0 Å². The topological polar surface area (TPSA) is 97.5 Å². The molecule has 5 heteroatoms. The standard InChI is InChI=1S/C7H15NO4/c1-7(12)3-8-4(2-9)5(10)6(7)11/h4-6,8-12H,2-3H2,1H3/p+1/t4-,5-,6+,7-/m1/s1. The molecule has 5 nitrogen and oxygen atoms in total. The number of piperidine rings is 1. The monoisotopic (exact) mass is 178 g/mol. The first-order chi connectivity index (χ1) is 5.49. The van der Waals surface area contributed by atoms with Crippen molar-refractivity contribution >= 4 is 0 Å². The second-order valence-corrected chi connectivity index (χ2v) is 3.58. The van der Waals surface area contributed by atoms with Crippen LogP contribution in [-0.4, -0.2) is 57.4 Å². The normalized spacial score (nSPS) is 49.2. The van der Waals surface area contributed by atoms with Gasteiger partial charge in [-0.1, -0.05) is 0 Å². The van der Waals surface area contributed by atoms with Crippen LogP contribution in [0.2, 0.25) is 0 Å². The van der Waals surface area contributed by atoms with Crippen molar-refractivity contribution in [2.75, 3.05) is 13.2 Å². The third-order valence-corrected chi connectivity index (χ3v) is 2.44. The van der Waals surface area contributed by atoms with Crippen molar-refractivity contribution in [1.29, 1.82) is 0 Å². The zero-order chi connectivity index (χ0) is 9.35. The molecule has 1 heterocycles.